The average Bonchev–Trinajstić information content (AvgIpc) is 2.82. The Labute approximate surface area is 153 Å². The highest BCUT2D eigenvalue weighted by Gasteiger charge is 2.33. The third-order valence-electron chi connectivity index (χ3n) is 4.92. The Morgan fingerprint density at radius 1 is 0.962 bits per heavy atom. The fraction of sp³-hybridized carbons (Fsp3) is 0.227. The van der Waals surface area contributed by atoms with E-state index in [9.17, 15) is 4.79 Å². The van der Waals surface area contributed by atoms with E-state index in [1.807, 2.05) is 30.3 Å². The molecule has 1 heterocycles. The maximum Gasteiger partial charge on any atom is 0.279 e. The molecule has 2 aromatic rings. The van der Waals surface area contributed by atoms with Gasteiger partial charge in [-0.2, -0.15) is 5.10 Å². The minimum atomic E-state index is -0.114. The summed E-state index contributed by atoms with van der Waals surface area (Å²) in [7, 11) is 0. The maximum absolute atomic E-state index is 12.8. The average molecular weight is 343 g/mol. The number of para-hydroxylation sites is 1. The molecule has 4 heteroatoms. The number of amides is 1. The van der Waals surface area contributed by atoms with E-state index in [0.717, 1.165) is 48.2 Å². The van der Waals surface area contributed by atoms with Crippen molar-refractivity contribution in [1.29, 1.82) is 0 Å². The number of carbonyl (C=O) groups excluding carboxylic acids is 1. The lowest BCUT2D eigenvalue weighted by atomic mass is 10.0. The standard InChI is InChI=1S/C22H21N3O/c1-2-15-25-20-14-8-6-12-18(20)21(22(25)26)24-23-19-13-7-4-10-16-9-3-5-11-17(16)19/h2-3,5-6,8-9,11-12,14H,1,4,7,10,13,15H2/b23-19+,24-21+. The first-order valence-electron chi connectivity index (χ1n) is 9.04. The molecule has 0 fully saturated rings. The fourth-order valence-electron chi connectivity index (χ4n) is 3.65. The third-order valence-corrected chi connectivity index (χ3v) is 4.92. The van der Waals surface area contributed by atoms with Gasteiger partial charge in [0.15, 0.2) is 5.71 Å². The predicted molar refractivity (Wildman–Crippen MR) is 106 cm³/mol. The Morgan fingerprint density at radius 2 is 1.69 bits per heavy atom. The first-order valence-corrected chi connectivity index (χ1v) is 9.04. The van der Waals surface area contributed by atoms with Crippen molar-refractivity contribution >= 4 is 23.0 Å². The van der Waals surface area contributed by atoms with E-state index in [2.05, 4.69) is 35.0 Å². The number of fused-ring (bicyclic) bond motifs is 2. The quantitative estimate of drug-likeness (QED) is 0.469. The van der Waals surface area contributed by atoms with E-state index in [1.54, 1.807) is 11.0 Å². The second-order valence-corrected chi connectivity index (χ2v) is 6.58. The van der Waals surface area contributed by atoms with Crippen molar-refractivity contribution in [1.82, 2.24) is 0 Å². The number of nitrogens with zero attached hydrogens (tertiary/aromatic N) is 3. The molecule has 1 aliphatic heterocycles. The van der Waals surface area contributed by atoms with Crippen molar-refractivity contribution in [2.24, 2.45) is 10.2 Å². The molecule has 0 atom stereocenters. The van der Waals surface area contributed by atoms with E-state index in [-0.39, 0.29) is 5.91 Å². The molecular formula is C22H21N3O. The minimum absolute atomic E-state index is 0.114. The summed E-state index contributed by atoms with van der Waals surface area (Å²) in [5, 5.41) is 8.96. The smallest absolute Gasteiger partial charge is 0.279 e. The molecule has 1 amide bonds. The lowest BCUT2D eigenvalue weighted by molar-refractivity contribution is -0.112. The predicted octanol–water partition coefficient (Wildman–Crippen LogP) is 4.14. The van der Waals surface area contributed by atoms with E-state index in [1.165, 1.54) is 5.56 Å². The molecule has 0 radical (unpaired) electrons. The van der Waals surface area contributed by atoms with Crippen LogP contribution < -0.4 is 4.90 Å². The van der Waals surface area contributed by atoms with Crippen LogP contribution in [0.25, 0.3) is 0 Å². The van der Waals surface area contributed by atoms with Crippen molar-refractivity contribution in [3.05, 3.63) is 77.9 Å². The first kappa shape index (κ1) is 16.5. The molecule has 0 spiro atoms. The van der Waals surface area contributed by atoms with Gasteiger partial charge in [-0.05, 0) is 37.3 Å². The SMILES string of the molecule is C=CCN1C(=O)/C(=N/N=C2\CCCCc3ccccc32)c2ccccc21. The van der Waals surface area contributed by atoms with Crippen molar-refractivity contribution in [2.75, 3.05) is 11.4 Å². The van der Waals surface area contributed by atoms with Crippen molar-refractivity contribution < 1.29 is 4.79 Å². The molecule has 0 bridgehead atoms. The normalized spacial score (nSPS) is 19.4. The molecule has 1 aliphatic carbocycles. The molecule has 0 aromatic heterocycles. The summed E-state index contributed by atoms with van der Waals surface area (Å²) in [6, 6.07) is 16.1. The highest BCUT2D eigenvalue weighted by molar-refractivity contribution is 6.54. The number of hydrogen-bond acceptors (Lipinski definition) is 3. The van der Waals surface area contributed by atoms with E-state index >= 15 is 0 Å². The summed E-state index contributed by atoms with van der Waals surface area (Å²) in [5.74, 6) is -0.114. The molecule has 26 heavy (non-hydrogen) atoms. The van der Waals surface area contributed by atoms with E-state index in [4.69, 9.17) is 0 Å². The van der Waals surface area contributed by atoms with Gasteiger partial charge < -0.3 is 4.90 Å². The van der Waals surface area contributed by atoms with Crippen molar-refractivity contribution in [2.45, 2.75) is 25.7 Å². The van der Waals surface area contributed by atoms with Gasteiger partial charge in [0.2, 0.25) is 0 Å². The third kappa shape index (κ3) is 2.88. The Morgan fingerprint density at radius 3 is 2.54 bits per heavy atom. The van der Waals surface area contributed by atoms with Crippen molar-refractivity contribution in [3.63, 3.8) is 0 Å². The Bertz CT molecular complexity index is 926. The summed E-state index contributed by atoms with van der Waals surface area (Å²) in [4.78, 5) is 14.5. The number of carbonyl (C=O) groups is 1. The van der Waals surface area contributed by atoms with Crippen LogP contribution in [-0.4, -0.2) is 23.9 Å². The van der Waals surface area contributed by atoms with Gasteiger partial charge in [-0.25, -0.2) is 0 Å². The summed E-state index contributed by atoms with van der Waals surface area (Å²) in [6.45, 7) is 4.22. The number of benzene rings is 2. The van der Waals surface area contributed by atoms with Crippen LogP contribution in [0.4, 0.5) is 5.69 Å². The fourth-order valence-corrected chi connectivity index (χ4v) is 3.65. The molecule has 0 saturated carbocycles. The van der Waals surface area contributed by atoms with Gasteiger partial charge in [-0.1, -0.05) is 48.5 Å². The lowest BCUT2D eigenvalue weighted by Crippen LogP contribution is -2.30. The van der Waals surface area contributed by atoms with Crippen LogP contribution in [0.15, 0.2) is 71.4 Å². The van der Waals surface area contributed by atoms with E-state index < -0.39 is 0 Å². The van der Waals surface area contributed by atoms with Gasteiger partial charge in [0, 0.05) is 17.7 Å². The first-order chi connectivity index (χ1) is 12.8. The zero-order valence-corrected chi connectivity index (χ0v) is 14.7. The summed E-state index contributed by atoms with van der Waals surface area (Å²) < 4.78 is 0. The Kier molecular flexibility index (Phi) is 4.48. The van der Waals surface area contributed by atoms with Crippen LogP contribution in [0.5, 0.6) is 0 Å². The maximum atomic E-state index is 12.8. The van der Waals surface area contributed by atoms with Gasteiger partial charge >= 0.3 is 0 Å². The van der Waals surface area contributed by atoms with Crippen LogP contribution in [0.3, 0.4) is 0 Å². The molecule has 2 aliphatic rings. The van der Waals surface area contributed by atoms with Crippen molar-refractivity contribution in [3.8, 4) is 0 Å². The monoisotopic (exact) mass is 343 g/mol. The number of anilines is 1. The molecular weight excluding hydrogens is 322 g/mol. The van der Waals surface area contributed by atoms with Crippen LogP contribution in [0, 0.1) is 0 Å². The lowest BCUT2D eigenvalue weighted by Gasteiger charge is -2.13. The molecule has 0 unspecified atom stereocenters. The van der Waals surface area contributed by atoms with Crippen LogP contribution in [0.1, 0.15) is 36.0 Å². The van der Waals surface area contributed by atoms with Gasteiger partial charge in [0.25, 0.3) is 5.91 Å². The minimum Gasteiger partial charge on any atom is -0.302 e. The van der Waals surface area contributed by atoms with Crippen LogP contribution in [0.2, 0.25) is 0 Å². The number of rotatable bonds is 3. The van der Waals surface area contributed by atoms with Gasteiger partial charge in [-0.3, -0.25) is 4.79 Å². The zero-order valence-electron chi connectivity index (χ0n) is 14.7. The largest absolute Gasteiger partial charge is 0.302 e. The molecule has 4 rings (SSSR count). The molecule has 0 N–H and O–H groups in total. The number of hydrogen-bond donors (Lipinski definition) is 0. The van der Waals surface area contributed by atoms with Crippen LogP contribution in [-0.2, 0) is 11.2 Å². The highest BCUT2D eigenvalue weighted by Crippen LogP contribution is 2.29. The second kappa shape index (κ2) is 7.08. The molecule has 4 nitrogen and oxygen atoms in total. The molecule has 130 valence electrons. The van der Waals surface area contributed by atoms with Gasteiger partial charge in [0.1, 0.15) is 0 Å². The summed E-state index contributed by atoms with van der Waals surface area (Å²) in [5.41, 5.74) is 5.57. The molecule has 0 saturated heterocycles. The van der Waals surface area contributed by atoms with Crippen LogP contribution >= 0.6 is 0 Å². The topological polar surface area (TPSA) is 45.0 Å². The van der Waals surface area contributed by atoms with E-state index in [0.29, 0.717) is 12.3 Å². The number of aryl methyl sites for hydroxylation is 1. The zero-order chi connectivity index (χ0) is 17.9. The summed E-state index contributed by atoms with van der Waals surface area (Å²) >= 11 is 0. The summed E-state index contributed by atoms with van der Waals surface area (Å²) in [6.07, 6.45) is 5.93. The van der Waals surface area contributed by atoms with Gasteiger partial charge in [0.05, 0.1) is 11.4 Å². The highest BCUT2D eigenvalue weighted by atomic mass is 16.2. The second-order valence-electron chi connectivity index (χ2n) is 6.58. The van der Waals surface area contributed by atoms with Gasteiger partial charge in [-0.15, -0.1) is 11.7 Å². The molecule has 2 aromatic carbocycles. The Balaban J connectivity index is 1.76. The Hall–Kier alpha value is -3.01.